The number of hydrogen-bond donors (Lipinski definition) is 1. The Morgan fingerprint density at radius 2 is 1.95 bits per heavy atom. The van der Waals surface area contributed by atoms with Crippen molar-refractivity contribution in [3.05, 3.63) is 36.0 Å². The van der Waals surface area contributed by atoms with Crippen molar-refractivity contribution >= 4 is 16.8 Å². The molecule has 0 saturated carbocycles. The molecule has 0 spiro atoms. The highest BCUT2D eigenvalue weighted by molar-refractivity contribution is 6.05. The second-order valence-corrected chi connectivity index (χ2v) is 5.88. The summed E-state index contributed by atoms with van der Waals surface area (Å²) >= 11 is 0. The SMILES string of the molecule is CCCCCCCC(C)n1ccc2cccc(C(N)=O)c21. The van der Waals surface area contributed by atoms with Crippen LogP contribution >= 0.6 is 0 Å². The molecule has 1 amide bonds. The lowest BCUT2D eigenvalue weighted by molar-refractivity contribution is 0.100. The zero-order valence-corrected chi connectivity index (χ0v) is 13.1. The topological polar surface area (TPSA) is 48.0 Å². The molecule has 0 aliphatic rings. The minimum Gasteiger partial charge on any atom is -0.366 e. The lowest BCUT2D eigenvalue weighted by Gasteiger charge is -2.16. The molecule has 0 fully saturated rings. The molecule has 2 rings (SSSR count). The Hall–Kier alpha value is -1.77. The number of para-hydroxylation sites is 1. The van der Waals surface area contributed by atoms with Crippen LogP contribution in [0.15, 0.2) is 30.5 Å². The molecule has 1 unspecified atom stereocenters. The Morgan fingerprint density at radius 1 is 1.19 bits per heavy atom. The number of primary amides is 1. The highest BCUT2D eigenvalue weighted by atomic mass is 16.1. The van der Waals surface area contributed by atoms with E-state index < -0.39 is 0 Å². The van der Waals surface area contributed by atoms with Gasteiger partial charge in [0.2, 0.25) is 0 Å². The van der Waals surface area contributed by atoms with Crippen molar-refractivity contribution in [1.29, 1.82) is 0 Å². The van der Waals surface area contributed by atoms with Gasteiger partial charge in [-0.3, -0.25) is 4.79 Å². The van der Waals surface area contributed by atoms with E-state index in [1.807, 2.05) is 18.2 Å². The Kier molecular flexibility index (Phi) is 5.43. The van der Waals surface area contributed by atoms with Gasteiger partial charge in [0.25, 0.3) is 5.91 Å². The summed E-state index contributed by atoms with van der Waals surface area (Å²) in [7, 11) is 0. The molecule has 1 heterocycles. The number of rotatable bonds is 8. The molecule has 0 bridgehead atoms. The first-order valence-electron chi connectivity index (χ1n) is 8.04. The molecule has 2 N–H and O–H groups in total. The van der Waals surface area contributed by atoms with Gasteiger partial charge in [-0.15, -0.1) is 0 Å². The van der Waals surface area contributed by atoms with Gasteiger partial charge in [-0.2, -0.15) is 0 Å². The first kappa shape index (κ1) is 15.6. The van der Waals surface area contributed by atoms with Gasteiger partial charge in [0.05, 0.1) is 11.1 Å². The van der Waals surface area contributed by atoms with Gasteiger partial charge in [0.1, 0.15) is 0 Å². The molecule has 3 nitrogen and oxygen atoms in total. The summed E-state index contributed by atoms with van der Waals surface area (Å²) < 4.78 is 2.20. The molecule has 114 valence electrons. The van der Waals surface area contributed by atoms with Gasteiger partial charge in [0, 0.05) is 17.6 Å². The fourth-order valence-corrected chi connectivity index (χ4v) is 2.97. The van der Waals surface area contributed by atoms with Crippen LogP contribution in [0, 0.1) is 0 Å². The fourth-order valence-electron chi connectivity index (χ4n) is 2.97. The van der Waals surface area contributed by atoms with Gasteiger partial charge in [-0.25, -0.2) is 0 Å². The molecule has 0 aliphatic heterocycles. The zero-order valence-electron chi connectivity index (χ0n) is 13.1. The Bertz CT molecular complexity index is 600. The molecule has 2 aromatic rings. The summed E-state index contributed by atoms with van der Waals surface area (Å²) in [4.78, 5) is 11.6. The molecule has 21 heavy (non-hydrogen) atoms. The Morgan fingerprint density at radius 3 is 2.67 bits per heavy atom. The van der Waals surface area contributed by atoms with Gasteiger partial charge in [-0.05, 0) is 25.5 Å². The Labute approximate surface area is 127 Å². The van der Waals surface area contributed by atoms with E-state index >= 15 is 0 Å². The minimum atomic E-state index is -0.351. The van der Waals surface area contributed by atoms with Crippen molar-refractivity contribution < 1.29 is 4.79 Å². The Balaban J connectivity index is 2.12. The zero-order chi connectivity index (χ0) is 15.2. The second kappa shape index (κ2) is 7.30. The average Bonchev–Trinajstić information content (AvgIpc) is 2.90. The van der Waals surface area contributed by atoms with Crippen molar-refractivity contribution in [1.82, 2.24) is 4.57 Å². The molecule has 0 saturated heterocycles. The molecular formula is C18H26N2O. The smallest absolute Gasteiger partial charge is 0.250 e. The number of carbonyl (C=O) groups excluding carboxylic acids is 1. The van der Waals surface area contributed by atoms with Gasteiger partial charge in [0.15, 0.2) is 0 Å². The molecular weight excluding hydrogens is 260 g/mol. The van der Waals surface area contributed by atoms with E-state index in [0.717, 1.165) is 17.3 Å². The molecule has 1 atom stereocenters. The number of carbonyl (C=O) groups is 1. The monoisotopic (exact) mass is 286 g/mol. The highest BCUT2D eigenvalue weighted by Crippen LogP contribution is 2.26. The molecule has 3 heteroatoms. The lowest BCUT2D eigenvalue weighted by Crippen LogP contribution is -2.14. The predicted octanol–water partition coefficient (Wildman–Crippen LogP) is 4.66. The quantitative estimate of drug-likeness (QED) is 0.705. The third kappa shape index (κ3) is 3.66. The van der Waals surface area contributed by atoms with Crippen LogP contribution in [0.25, 0.3) is 10.9 Å². The first-order valence-corrected chi connectivity index (χ1v) is 8.04. The highest BCUT2D eigenvalue weighted by Gasteiger charge is 2.14. The number of hydrogen-bond acceptors (Lipinski definition) is 1. The third-order valence-electron chi connectivity index (χ3n) is 4.21. The molecule has 0 aliphatic carbocycles. The van der Waals surface area contributed by atoms with Gasteiger partial charge in [-0.1, -0.05) is 51.2 Å². The van der Waals surface area contributed by atoms with E-state index in [-0.39, 0.29) is 5.91 Å². The van der Waals surface area contributed by atoms with Crippen molar-refractivity contribution in [2.75, 3.05) is 0 Å². The van der Waals surface area contributed by atoms with E-state index in [2.05, 4.69) is 30.7 Å². The van der Waals surface area contributed by atoms with Crippen molar-refractivity contribution in [2.45, 2.75) is 58.4 Å². The normalized spacial score (nSPS) is 12.7. The summed E-state index contributed by atoms with van der Waals surface area (Å²) in [5.74, 6) is -0.351. The average molecular weight is 286 g/mol. The van der Waals surface area contributed by atoms with Crippen molar-refractivity contribution in [3.63, 3.8) is 0 Å². The molecule has 0 radical (unpaired) electrons. The van der Waals surface area contributed by atoms with Crippen molar-refractivity contribution in [3.8, 4) is 0 Å². The number of aromatic nitrogens is 1. The number of unbranched alkanes of at least 4 members (excludes halogenated alkanes) is 4. The van der Waals surface area contributed by atoms with Gasteiger partial charge >= 0.3 is 0 Å². The first-order chi connectivity index (χ1) is 10.1. The van der Waals surface area contributed by atoms with Crippen LogP contribution in [0.5, 0.6) is 0 Å². The second-order valence-electron chi connectivity index (χ2n) is 5.88. The summed E-state index contributed by atoms with van der Waals surface area (Å²) in [5, 5.41) is 1.09. The summed E-state index contributed by atoms with van der Waals surface area (Å²) in [6.07, 6.45) is 9.67. The number of nitrogens with zero attached hydrogens (tertiary/aromatic N) is 1. The molecule has 1 aromatic carbocycles. The van der Waals surface area contributed by atoms with Crippen LogP contribution in [0.1, 0.15) is 68.8 Å². The van der Waals surface area contributed by atoms with E-state index in [1.165, 1.54) is 32.1 Å². The van der Waals surface area contributed by atoms with Crippen LogP contribution in [-0.4, -0.2) is 10.5 Å². The summed E-state index contributed by atoms with van der Waals surface area (Å²) in [6, 6.07) is 8.20. The lowest BCUT2D eigenvalue weighted by atomic mass is 10.1. The van der Waals surface area contributed by atoms with Crippen LogP contribution in [-0.2, 0) is 0 Å². The van der Waals surface area contributed by atoms with Crippen LogP contribution in [0.3, 0.4) is 0 Å². The number of amides is 1. The summed E-state index contributed by atoms with van der Waals surface area (Å²) in [5.41, 5.74) is 7.11. The number of benzene rings is 1. The fraction of sp³-hybridized carbons (Fsp3) is 0.500. The third-order valence-corrected chi connectivity index (χ3v) is 4.21. The number of nitrogens with two attached hydrogens (primary N) is 1. The maximum atomic E-state index is 11.6. The van der Waals surface area contributed by atoms with Gasteiger partial charge < -0.3 is 10.3 Å². The number of fused-ring (bicyclic) bond motifs is 1. The van der Waals surface area contributed by atoms with E-state index in [9.17, 15) is 4.79 Å². The van der Waals surface area contributed by atoms with Crippen LogP contribution < -0.4 is 5.73 Å². The standard InChI is InChI=1S/C18H26N2O/c1-3-4-5-6-7-9-14(2)20-13-12-15-10-8-11-16(17(15)20)18(19)21/h8,10-14H,3-7,9H2,1-2H3,(H2,19,21). The summed E-state index contributed by atoms with van der Waals surface area (Å²) in [6.45, 7) is 4.46. The van der Waals surface area contributed by atoms with Crippen LogP contribution in [0.4, 0.5) is 0 Å². The maximum Gasteiger partial charge on any atom is 0.250 e. The van der Waals surface area contributed by atoms with Crippen LogP contribution in [0.2, 0.25) is 0 Å². The van der Waals surface area contributed by atoms with E-state index in [4.69, 9.17) is 5.73 Å². The van der Waals surface area contributed by atoms with Crippen molar-refractivity contribution in [2.24, 2.45) is 5.73 Å². The largest absolute Gasteiger partial charge is 0.366 e. The van der Waals surface area contributed by atoms with E-state index in [0.29, 0.717) is 11.6 Å². The maximum absolute atomic E-state index is 11.6. The minimum absolute atomic E-state index is 0.351. The predicted molar refractivity (Wildman–Crippen MR) is 88.5 cm³/mol. The van der Waals surface area contributed by atoms with E-state index in [1.54, 1.807) is 0 Å². The molecule has 1 aromatic heterocycles.